The van der Waals surface area contributed by atoms with Crippen LogP contribution in [0.15, 0.2) is 30.3 Å². The molecule has 16 heavy (non-hydrogen) atoms. The number of nitrogens with two attached hydrogens (primary N) is 1. The maximum atomic E-state index is 11.4. The average molecular weight is 223 g/mol. The standard InChI is InChI=1S/C12H17NO3/c1-15-7-8-16-12(14)11(13)9-10-5-3-2-4-6-10/h2-6,11H,7-9,13H2,1H3. The van der Waals surface area contributed by atoms with Crippen molar-refractivity contribution in [1.29, 1.82) is 0 Å². The number of methoxy groups -OCH3 is 1. The SMILES string of the molecule is COCCOC(=O)C(N)Cc1ccccc1. The lowest BCUT2D eigenvalue weighted by Crippen LogP contribution is -2.34. The zero-order valence-electron chi connectivity index (χ0n) is 9.39. The van der Waals surface area contributed by atoms with E-state index in [1.54, 1.807) is 7.11 Å². The van der Waals surface area contributed by atoms with Crippen molar-refractivity contribution >= 4 is 5.97 Å². The van der Waals surface area contributed by atoms with Crippen LogP contribution in [0.5, 0.6) is 0 Å². The van der Waals surface area contributed by atoms with E-state index in [9.17, 15) is 4.79 Å². The molecule has 0 saturated carbocycles. The second-order valence-corrected chi connectivity index (χ2v) is 3.46. The Hall–Kier alpha value is -1.39. The molecular weight excluding hydrogens is 206 g/mol. The molecule has 1 aromatic carbocycles. The van der Waals surface area contributed by atoms with Gasteiger partial charge in [0.25, 0.3) is 0 Å². The van der Waals surface area contributed by atoms with Crippen molar-refractivity contribution in [2.75, 3.05) is 20.3 Å². The molecule has 0 aliphatic heterocycles. The monoisotopic (exact) mass is 223 g/mol. The van der Waals surface area contributed by atoms with Crippen molar-refractivity contribution in [3.8, 4) is 0 Å². The number of hydrogen-bond acceptors (Lipinski definition) is 4. The molecule has 0 spiro atoms. The third-order valence-electron chi connectivity index (χ3n) is 2.13. The van der Waals surface area contributed by atoms with Crippen molar-refractivity contribution in [2.24, 2.45) is 5.73 Å². The van der Waals surface area contributed by atoms with Crippen LogP contribution < -0.4 is 5.73 Å². The van der Waals surface area contributed by atoms with Crippen LogP contribution in [0.4, 0.5) is 0 Å². The summed E-state index contributed by atoms with van der Waals surface area (Å²) in [7, 11) is 1.55. The van der Waals surface area contributed by atoms with Gasteiger partial charge in [-0.25, -0.2) is 0 Å². The van der Waals surface area contributed by atoms with Gasteiger partial charge in [0, 0.05) is 7.11 Å². The van der Waals surface area contributed by atoms with Gasteiger partial charge in [-0.05, 0) is 12.0 Å². The molecule has 0 aromatic heterocycles. The Labute approximate surface area is 95.3 Å². The molecule has 0 fully saturated rings. The fourth-order valence-electron chi connectivity index (χ4n) is 1.28. The molecule has 0 aliphatic rings. The van der Waals surface area contributed by atoms with Gasteiger partial charge in [0.05, 0.1) is 6.61 Å². The van der Waals surface area contributed by atoms with Gasteiger partial charge < -0.3 is 15.2 Å². The smallest absolute Gasteiger partial charge is 0.323 e. The number of benzene rings is 1. The van der Waals surface area contributed by atoms with Crippen LogP contribution in [0.25, 0.3) is 0 Å². The van der Waals surface area contributed by atoms with Gasteiger partial charge in [0.15, 0.2) is 0 Å². The molecule has 4 nitrogen and oxygen atoms in total. The maximum Gasteiger partial charge on any atom is 0.323 e. The summed E-state index contributed by atoms with van der Waals surface area (Å²) in [5.41, 5.74) is 6.74. The summed E-state index contributed by atoms with van der Waals surface area (Å²) in [6.07, 6.45) is 0.493. The molecule has 0 saturated heterocycles. The second kappa shape index (κ2) is 6.98. The Morgan fingerprint density at radius 3 is 2.62 bits per heavy atom. The van der Waals surface area contributed by atoms with Gasteiger partial charge in [0.2, 0.25) is 0 Å². The van der Waals surface area contributed by atoms with Gasteiger partial charge in [-0.2, -0.15) is 0 Å². The van der Waals surface area contributed by atoms with E-state index >= 15 is 0 Å². The predicted octanol–water partition coefficient (Wildman–Crippen LogP) is 0.746. The van der Waals surface area contributed by atoms with Gasteiger partial charge in [-0.1, -0.05) is 30.3 Å². The molecule has 0 aliphatic carbocycles. The van der Waals surface area contributed by atoms with Crippen LogP contribution in [0.3, 0.4) is 0 Å². The summed E-state index contributed by atoms with van der Waals surface area (Å²) in [6.45, 7) is 0.640. The summed E-state index contributed by atoms with van der Waals surface area (Å²) in [4.78, 5) is 11.4. The van der Waals surface area contributed by atoms with Gasteiger partial charge in [-0.3, -0.25) is 4.79 Å². The molecule has 1 unspecified atom stereocenters. The lowest BCUT2D eigenvalue weighted by Gasteiger charge is -2.11. The van der Waals surface area contributed by atoms with Gasteiger partial charge >= 0.3 is 5.97 Å². The summed E-state index contributed by atoms with van der Waals surface area (Å²) in [5.74, 6) is -0.388. The molecule has 1 rings (SSSR count). The van der Waals surface area contributed by atoms with Gasteiger partial charge in [0.1, 0.15) is 12.6 Å². The summed E-state index contributed by atoms with van der Waals surface area (Å²) < 4.78 is 9.70. The summed E-state index contributed by atoms with van der Waals surface area (Å²) in [6, 6.07) is 9.01. The molecule has 0 radical (unpaired) electrons. The molecule has 0 amide bonds. The molecular formula is C12H17NO3. The van der Waals surface area contributed by atoms with Crippen LogP contribution in [0, 0.1) is 0 Å². The topological polar surface area (TPSA) is 61.5 Å². The number of hydrogen-bond donors (Lipinski definition) is 1. The highest BCUT2D eigenvalue weighted by molar-refractivity contribution is 5.75. The highest BCUT2D eigenvalue weighted by Gasteiger charge is 2.15. The maximum absolute atomic E-state index is 11.4. The minimum Gasteiger partial charge on any atom is -0.462 e. The Balaban J connectivity index is 2.34. The zero-order valence-corrected chi connectivity index (χ0v) is 9.39. The van der Waals surface area contributed by atoms with Crippen molar-refractivity contribution < 1.29 is 14.3 Å². The van der Waals surface area contributed by atoms with Crippen LogP contribution in [0.1, 0.15) is 5.56 Å². The second-order valence-electron chi connectivity index (χ2n) is 3.46. The number of esters is 1. The first-order valence-electron chi connectivity index (χ1n) is 5.19. The highest BCUT2D eigenvalue weighted by Crippen LogP contribution is 2.02. The first kappa shape index (κ1) is 12.7. The molecule has 1 atom stereocenters. The average Bonchev–Trinajstić information content (AvgIpc) is 2.30. The molecule has 88 valence electrons. The molecule has 1 aromatic rings. The fourth-order valence-corrected chi connectivity index (χ4v) is 1.28. The Kier molecular flexibility index (Phi) is 5.53. The van der Waals surface area contributed by atoms with E-state index in [-0.39, 0.29) is 12.6 Å². The molecule has 2 N–H and O–H groups in total. The Morgan fingerprint density at radius 2 is 2.00 bits per heavy atom. The Bertz CT molecular complexity index is 313. The lowest BCUT2D eigenvalue weighted by molar-refractivity contribution is -0.146. The lowest BCUT2D eigenvalue weighted by atomic mass is 10.1. The minimum absolute atomic E-state index is 0.248. The third-order valence-corrected chi connectivity index (χ3v) is 2.13. The zero-order chi connectivity index (χ0) is 11.8. The van der Waals surface area contributed by atoms with Crippen LogP contribution in [-0.4, -0.2) is 32.3 Å². The van der Waals surface area contributed by atoms with E-state index in [1.165, 1.54) is 0 Å². The van der Waals surface area contributed by atoms with E-state index < -0.39 is 6.04 Å². The van der Waals surface area contributed by atoms with Crippen LogP contribution in [0.2, 0.25) is 0 Å². The van der Waals surface area contributed by atoms with E-state index in [0.29, 0.717) is 13.0 Å². The van der Waals surface area contributed by atoms with Crippen molar-refractivity contribution in [1.82, 2.24) is 0 Å². The van der Waals surface area contributed by atoms with Gasteiger partial charge in [-0.15, -0.1) is 0 Å². The van der Waals surface area contributed by atoms with Crippen molar-refractivity contribution in [2.45, 2.75) is 12.5 Å². The largest absolute Gasteiger partial charge is 0.462 e. The summed E-state index contributed by atoms with van der Waals surface area (Å²) in [5, 5.41) is 0. The number of ether oxygens (including phenoxy) is 2. The van der Waals surface area contributed by atoms with Crippen LogP contribution in [-0.2, 0) is 20.7 Å². The van der Waals surface area contributed by atoms with Crippen molar-refractivity contribution in [3.63, 3.8) is 0 Å². The summed E-state index contributed by atoms with van der Waals surface area (Å²) >= 11 is 0. The van der Waals surface area contributed by atoms with E-state index in [1.807, 2.05) is 30.3 Å². The van der Waals surface area contributed by atoms with E-state index in [4.69, 9.17) is 15.2 Å². The van der Waals surface area contributed by atoms with E-state index in [2.05, 4.69) is 0 Å². The normalized spacial score (nSPS) is 12.1. The Morgan fingerprint density at radius 1 is 1.31 bits per heavy atom. The van der Waals surface area contributed by atoms with E-state index in [0.717, 1.165) is 5.56 Å². The number of rotatable bonds is 6. The molecule has 4 heteroatoms. The first-order valence-corrected chi connectivity index (χ1v) is 5.19. The first-order chi connectivity index (χ1) is 7.74. The fraction of sp³-hybridized carbons (Fsp3) is 0.417. The van der Waals surface area contributed by atoms with Crippen molar-refractivity contribution in [3.05, 3.63) is 35.9 Å². The quantitative estimate of drug-likeness (QED) is 0.571. The predicted molar refractivity (Wildman–Crippen MR) is 61.0 cm³/mol. The number of carbonyl (C=O) groups excluding carboxylic acids is 1. The molecule has 0 bridgehead atoms. The highest BCUT2D eigenvalue weighted by atomic mass is 16.6. The minimum atomic E-state index is -0.612. The number of carbonyl (C=O) groups is 1. The third kappa shape index (κ3) is 4.42. The van der Waals surface area contributed by atoms with Crippen LogP contribution >= 0.6 is 0 Å². The molecule has 0 heterocycles.